The van der Waals surface area contributed by atoms with Gasteiger partial charge in [0.25, 0.3) is 0 Å². The lowest BCUT2D eigenvalue weighted by Gasteiger charge is -2.25. The first-order chi connectivity index (χ1) is 12.1. The lowest BCUT2D eigenvalue weighted by Crippen LogP contribution is -2.27. The number of anilines is 2. The average molecular weight is 356 g/mol. The van der Waals surface area contributed by atoms with Gasteiger partial charge >= 0.3 is 0 Å². The summed E-state index contributed by atoms with van der Waals surface area (Å²) in [6.45, 7) is 1.81. The van der Waals surface area contributed by atoms with Crippen molar-refractivity contribution in [3.05, 3.63) is 54.1 Å². The number of ether oxygens (including phenoxy) is 1. The van der Waals surface area contributed by atoms with Crippen LogP contribution in [0, 0.1) is 0 Å². The second kappa shape index (κ2) is 7.61. The lowest BCUT2D eigenvalue weighted by atomic mass is 10.1. The van der Waals surface area contributed by atoms with Gasteiger partial charge in [-0.05, 0) is 35.9 Å². The first kappa shape index (κ1) is 17.4. The molecule has 0 aromatic heterocycles. The van der Waals surface area contributed by atoms with E-state index in [9.17, 15) is 9.59 Å². The number of thioether (sulfide) groups is 1. The van der Waals surface area contributed by atoms with E-state index in [4.69, 9.17) is 4.74 Å². The zero-order chi connectivity index (χ0) is 17.8. The molecule has 5 nitrogen and oxygen atoms in total. The molecule has 1 fully saturated rings. The van der Waals surface area contributed by atoms with Gasteiger partial charge in [0.1, 0.15) is 11.1 Å². The summed E-state index contributed by atoms with van der Waals surface area (Å²) in [5, 5.41) is 2.75. The summed E-state index contributed by atoms with van der Waals surface area (Å²) in [5.74, 6) is 1.23. The number of methoxy groups -OCH3 is 1. The zero-order valence-electron chi connectivity index (χ0n) is 14.2. The molecule has 1 aliphatic heterocycles. The zero-order valence-corrected chi connectivity index (χ0v) is 15.0. The maximum Gasteiger partial charge on any atom is 0.238 e. The number of hydrogen-bond acceptors (Lipinski definition) is 4. The molecule has 130 valence electrons. The Kier molecular flexibility index (Phi) is 5.28. The maximum absolute atomic E-state index is 12.5. The third-order valence-electron chi connectivity index (χ3n) is 4.00. The molecule has 2 amide bonds. The summed E-state index contributed by atoms with van der Waals surface area (Å²) in [6.07, 6.45) is 0.414. The highest BCUT2D eigenvalue weighted by Gasteiger charge is 2.34. The van der Waals surface area contributed by atoms with Crippen LogP contribution < -0.4 is 15.0 Å². The largest absolute Gasteiger partial charge is 0.497 e. The number of nitrogens with one attached hydrogen (secondary N) is 1. The summed E-state index contributed by atoms with van der Waals surface area (Å²) >= 11 is 1.59. The lowest BCUT2D eigenvalue weighted by molar-refractivity contribution is -0.116. The Bertz CT molecular complexity index is 776. The van der Waals surface area contributed by atoms with E-state index in [0.29, 0.717) is 17.9 Å². The van der Waals surface area contributed by atoms with Crippen LogP contribution in [0.25, 0.3) is 0 Å². The molecule has 1 aliphatic rings. The van der Waals surface area contributed by atoms with Crippen molar-refractivity contribution in [2.24, 2.45) is 0 Å². The Balaban J connectivity index is 1.89. The fraction of sp³-hybridized carbons (Fsp3) is 0.263. The van der Waals surface area contributed by atoms with E-state index in [1.807, 2.05) is 48.5 Å². The van der Waals surface area contributed by atoms with E-state index in [1.165, 1.54) is 0 Å². The molecule has 0 aliphatic carbocycles. The predicted octanol–water partition coefficient (Wildman–Crippen LogP) is 3.82. The highest BCUT2D eigenvalue weighted by molar-refractivity contribution is 8.00. The maximum atomic E-state index is 12.5. The third kappa shape index (κ3) is 3.79. The minimum Gasteiger partial charge on any atom is -0.497 e. The standard InChI is InChI=1S/C19H20N2O3S/c1-3-17(22)20-14-5-4-6-15(11-14)21-18(23)12-25-19(21)13-7-9-16(24-2)10-8-13/h4-11,19H,3,12H2,1-2H3,(H,20,22)/t19-/m0/s1. The second-order valence-corrected chi connectivity index (χ2v) is 6.72. The molecular weight excluding hydrogens is 336 g/mol. The van der Waals surface area contributed by atoms with E-state index in [2.05, 4.69) is 5.32 Å². The van der Waals surface area contributed by atoms with Crippen LogP contribution in [-0.4, -0.2) is 24.7 Å². The van der Waals surface area contributed by atoms with Crippen molar-refractivity contribution in [3.63, 3.8) is 0 Å². The van der Waals surface area contributed by atoms with Crippen molar-refractivity contribution < 1.29 is 14.3 Å². The molecule has 25 heavy (non-hydrogen) atoms. The molecule has 3 rings (SSSR count). The molecule has 6 heteroatoms. The van der Waals surface area contributed by atoms with Crippen molar-refractivity contribution in [1.29, 1.82) is 0 Å². The molecular formula is C19H20N2O3S. The number of carbonyl (C=O) groups is 2. The van der Waals surface area contributed by atoms with Crippen molar-refractivity contribution in [3.8, 4) is 5.75 Å². The molecule has 0 bridgehead atoms. The summed E-state index contributed by atoms with van der Waals surface area (Å²) in [6, 6.07) is 15.2. The third-order valence-corrected chi connectivity index (χ3v) is 5.21. The van der Waals surface area contributed by atoms with Crippen LogP contribution in [-0.2, 0) is 9.59 Å². The monoisotopic (exact) mass is 356 g/mol. The molecule has 2 aromatic carbocycles. The van der Waals surface area contributed by atoms with Crippen LogP contribution in [0.5, 0.6) is 5.75 Å². The van der Waals surface area contributed by atoms with Crippen LogP contribution in [0.4, 0.5) is 11.4 Å². The van der Waals surface area contributed by atoms with Crippen LogP contribution in [0.1, 0.15) is 24.3 Å². The number of nitrogens with zero attached hydrogens (tertiary/aromatic N) is 1. The molecule has 1 saturated heterocycles. The minimum atomic E-state index is -0.0875. The summed E-state index contributed by atoms with van der Waals surface area (Å²) < 4.78 is 5.20. The predicted molar refractivity (Wildman–Crippen MR) is 101 cm³/mol. The van der Waals surface area contributed by atoms with E-state index in [0.717, 1.165) is 17.0 Å². The van der Waals surface area contributed by atoms with Crippen LogP contribution in [0.15, 0.2) is 48.5 Å². The average Bonchev–Trinajstić information content (AvgIpc) is 3.03. The van der Waals surface area contributed by atoms with Gasteiger partial charge < -0.3 is 10.1 Å². The van der Waals surface area contributed by atoms with Crippen molar-refractivity contribution in [1.82, 2.24) is 0 Å². The first-order valence-electron chi connectivity index (χ1n) is 8.10. The highest BCUT2D eigenvalue weighted by atomic mass is 32.2. The van der Waals surface area contributed by atoms with E-state index in [-0.39, 0.29) is 17.2 Å². The Labute approximate surface area is 151 Å². The topological polar surface area (TPSA) is 58.6 Å². The quantitative estimate of drug-likeness (QED) is 0.885. The smallest absolute Gasteiger partial charge is 0.238 e. The number of hydrogen-bond donors (Lipinski definition) is 1. The van der Waals surface area contributed by atoms with Gasteiger partial charge in [0, 0.05) is 17.8 Å². The Hall–Kier alpha value is -2.47. The fourth-order valence-corrected chi connectivity index (χ4v) is 3.88. The fourth-order valence-electron chi connectivity index (χ4n) is 2.70. The Morgan fingerprint density at radius 1 is 1.28 bits per heavy atom. The SMILES string of the molecule is CCC(=O)Nc1cccc(N2C(=O)CS[C@H]2c2ccc(OC)cc2)c1. The molecule has 1 atom stereocenters. The number of benzene rings is 2. The second-order valence-electron chi connectivity index (χ2n) is 5.65. The number of amides is 2. The van der Waals surface area contributed by atoms with E-state index in [1.54, 1.807) is 30.7 Å². The number of carbonyl (C=O) groups excluding carboxylic acids is 2. The van der Waals surface area contributed by atoms with Gasteiger partial charge in [0.05, 0.1) is 12.9 Å². The van der Waals surface area contributed by atoms with Gasteiger partial charge in [-0.25, -0.2) is 0 Å². The van der Waals surface area contributed by atoms with Crippen LogP contribution >= 0.6 is 11.8 Å². The van der Waals surface area contributed by atoms with E-state index >= 15 is 0 Å². The molecule has 1 N–H and O–H groups in total. The normalized spacial score (nSPS) is 16.8. The minimum absolute atomic E-state index is 0.0500. The molecule has 0 radical (unpaired) electrons. The van der Waals surface area contributed by atoms with Crippen LogP contribution in [0.2, 0.25) is 0 Å². The van der Waals surface area contributed by atoms with Gasteiger partial charge in [0.2, 0.25) is 11.8 Å². The molecule has 1 heterocycles. The summed E-state index contributed by atoms with van der Waals surface area (Å²) in [5.41, 5.74) is 2.52. The molecule has 0 spiro atoms. The van der Waals surface area contributed by atoms with Gasteiger partial charge in [-0.1, -0.05) is 25.1 Å². The van der Waals surface area contributed by atoms with Gasteiger partial charge in [-0.3, -0.25) is 14.5 Å². The van der Waals surface area contributed by atoms with Crippen molar-refractivity contribution >= 4 is 35.0 Å². The molecule has 0 unspecified atom stereocenters. The van der Waals surface area contributed by atoms with Crippen molar-refractivity contribution in [2.75, 3.05) is 23.1 Å². The van der Waals surface area contributed by atoms with Crippen molar-refractivity contribution in [2.45, 2.75) is 18.7 Å². The highest BCUT2D eigenvalue weighted by Crippen LogP contribution is 2.42. The van der Waals surface area contributed by atoms with E-state index < -0.39 is 0 Å². The van der Waals surface area contributed by atoms with Gasteiger partial charge in [-0.2, -0.15) is 0 Å². The van der Waals surface area contributed by atoms with Crippen LogP contribution in [0.3, 0.4) is 0 Å². The van der Waals surface area contributed by atoms with Gasteiger partial charge in [0.15, 0.2) is 0 Å². The first-order valence-corrected chi connectivity index (χ1v) is 9.14. The summed E-state index contributed by atoms with van der Waals surface area (Å²) in [7, 11) is 1.63. The Morgan fingerprint density at radius 2 is 2.04 bits per heavy atom. The molecule has 2 aromatic rings. The Morgan fingerprint density at radius 3 is 2.72 bits per heavy atom. The molecule has 0 saturated carbocycles. The number of rotatable bonds is 5. The summed E-state index contributed by atoms with van der Waals surface area (Å²) in [4.78, 5) is 25.9. The van der Waals surface area contributed by atoms with Gasteiger partial charge in [-0.15, -0.1) is 11.8 Å².